The van der Waals surface area contributed by atoms with E-state index in [1.165, 1.54) is 24.1 Å². The van der Waals surface area contributed by atoms with Gasteiger partial charge in [-0.05, 0) is 25.1 Å². The van der Waals surface area contributed by atoms with E-state index < -0.39 is 41.4 Å². The van der Waals surface area contributed by atoms with Gasteiger partial charge in [0.2, 0.25) is 5.91 Å². The van der Waals surface area contributed by atoms with Crippen LogP contribution in [-0.4, -0.2) is 52.4 Å². The Labute approximate surface area is 180 Å². The minimum absolute atomic E-state index is 0.0354. The number of carbonyl (C=O) groups is 2. The number of nitrogens with one attached hydrogen (secondary N) is 1. The van der Waals surface area contributed by atoms with Crippen LogP contribution in [0.4, 0.5) is 18.9 Å². The Balaban J connectivity index is 1.68. The molecule has 0 aliphatic carbocycles. The maximum absolute atomic E-state index is 14.9. The fourth-order valence-electron chi connectivity index (χ4n) is 3.94. The normalized spacial score (nSPS) is 25.0. The first kappa shape index (κ1) is 21.7. The van der Waals surface area contributed by atoms with Crippen molar-refractivity contribution in [2.24, 2.45) is 16.6 Å². The largest absolute Gasteiger partial charge is 0.375 e. The van der Waals surface area contributed by atoms with Gasteiger partial charge in [0.05, 0.1) is 31.0 Å². The number of halogens is 3. The van der Waals surface area contributed by atoms with E-state index in [-0.39, 0.29) is 35.4 Å². The van der Waals surface area contributed by atoms with E-state index >= 15 is 0 Å². The lowest BCUT2D eigenvalue weighted by Crippen LogP contribution is -2.55. The summed E-state index contributed by atoms with van der Waals surface area (Å²) in [5, 5.41) is 2.52. The number of rotatable bonds is 4. The van der Waals surface area contributed by atoms with Crippen molar-refractivity contribution < 1.29 is 27.5 Å². The molecule has 1 saturated heterocycles. The second-order valence-corrected chi connectivity index (χ2v) is 7.56. The summed E-state index contributed by atoms with van der Waals surface area (Å²) in [6.45, 7) is 1.62. The number of hydrogen-bond donors (Lipinski definition) is 2. The van der Waals surface area contributed by atoms with Gasteiger partial charge in [-0.3, -0.25) is 19.5 Å². The van der Waals surface area contributed by atoms with Gasteiger partial charge in [-0.2, -0.15) is 0 Å². The lowest BCUT2D eigenvalue weighted by Gasteiger charge is -2.38. The molecule has 3 heterocycles. The summed E-state index contributed by atoms with van der Waals surface area (Å²) < 4.78 is 45.9. The van der Waals surface area contributed by atoms with Crippen molar-refractivity contribution in [1.29, 1.82) is 0 Å². The number of nitrogens with zero attached hydrogens (tertiary/aromatic N) is 4. The third-order valence-corrected chi connectivity index (χ3v) is 5.62. The highest BCUT2D eigenvalue weighted by molar-refractivity contribution is 6.03. The predicted octanol–water partition coefficient (Wildman–Crippen LogP) is 1.82. The number of nitrogens with two attached hydrogens (primary N) is 1. The monoisotopic (exact) mass is 448 g/mol. The zero-order valence-corrected chi connectivity index (χ0v) is 17.1. The number of guanidine groups is 1. The third-order valence-electron chi connectivity index (χ3n) is 5.62. The van der Waals surface area contributed by atoms with E-state index in [0.717, 1.165) is 18.5 Å². The van der Waals surface area contributed by atoms with Crippen molar-refractivity contribution in [1.82, 2.24) is 14.9 Å². The molecule has 3 N–H and O–H groups in total. The molecule has 2 aliphatic heterocycles. The molecule has 3 atom stereocenters. The maximum Gasteiger partial charge on any atom is 0.281 e. The number of anilines is 1. The summed E-state index contributed by atoms with van der Waals surface area (Å²) in [7, 11) is 1.48. The Kier molecular flexibility index (Phi) is 5.33. The molecule has 1 fully saturated rings. The highest BCUT2D eigenvalue weighted by Gasteiger charge is 2.58. The number of fused-ring (bicyclic) bond motifs is 1. The predicted molar refractivity (Wildman–Crippen MR) is 106 cm³/mol. The van der Waals surface area contributed by atoms with Crippen LogP contribution in [0.25, 0.3) is 0 Å². The van der Waals surface area contributed by atoms with Gasteiger partial charge in [0, 0.05) is 18.3 Å². The van der Waals surface area contributed by atoms with Crippen molar-refractivity contribution in [3.63, 3.8) is 0 Å². The topological polar surface area (TPSA) is 123 Å². The Morgan fingerprint density at radius 2 is 2.09 bits per heavy atom. The van der Waals surface area contributed by atoms with Crippen LogP contribution < -0.4 is 11.1 Å². The van der Waals surface area contributed by atoms with Gasteiger partial charge >= 0.3 is 0 Å². The molecule has 12 heteroatoms. The molecule has 0 saturated carbocycles. The molecule has 0 spiro atoms. The molecule has 2 aromatic rings. The van der Waals surface area contributed by atoms with Crippen molar-refractivity contribution in [2.45, 2.75) is 25.0 Å². The number of ether oxygens (including phenoxy) is 1. The van der Waals surface area contributed by atoms with Crippen LogP contribution in [0.3, 0.4) is 0 Å². The van der Waals surface area contributed by atoms with Gasteiger partial charge < -0.3 is 15.8 Å². The van der Waals surface area contributed by atoms with Crippen molar-refractivity contribution in [3.8, 4) is 0 Å². The minimum Gasteiger partial charge on any atom is -0.375 e. The first-order chi connectivity index (χ1) is 15.1. The highest BCUT2D eigenvalue weighted by atomic mass is 19.3. The molecule has 4 rings (SSSR count). The van der Waals surface area contributed by atoms with E-state index in [1.54, 1.807) is 6.92 Å². The second-order valence-electron chi connectivity index (χ2n) is 7.56. The van der Waals surface area contributed by atoms with E-state index in [1.807, 2.05) is 0 Å². The van der Waals surface area contributed by atoms with Crippen molar-refractivity contribution >= 4 is 23.5 Å². The molecule has 168 valence electrons. The van der Waals surface area contributed by atoms with Crippen LogP contribution in [-0.2, 0) is 15.1 Å². The lowest BCUT2D eigenvalue weighted by atomic mass is 9.76. The van der Waals surface area contributed by atoms with E-state index in [9.17, 15) is 22.8 Å². The summed E-state index contributed by atoms with van der Waals surface area (Å²) >= 11 is 0. The standard InChI is InChI=1S/C20H19F3N6O3/c1-9-15-18(31)29(2)19(24)28-20(15,8-32-9)11-5-10(3-4-12(11)21)27-17(30)14-7-25-13(6-26-14)16(22)23/h3-7,9,15-16H,8H2,1-2H3,(H2,24,28)(H,27,30)/t9-,15+,20-/m1/s1. The smallest absolute Gasteiger partial charge is 0.281 e. The summed E-state index contributed by atoms with van der Waals surface area (Å²) in [5.41, 5.74) is 3.97. The minimum atomic E-state index is -2.81. The van der Waals surface area contributed by atoms with Crippen LogP contribution in [0.5, 0.6) is 0 Å². The molecule has 2 aliphatic rings. The lowest BCUT2D eigenvalue weighted by molar-refractivity contribution is -0.134. The maximum atomic E-state index is 14.9. The number of aliphatic imine (C=N–C) groups is 1. The quantitative estimate of drug-likeness (QED) is 0.736. The Morgan fingerprint density at radius 1 is 1.34 bits per heavy atom. The summed E-state index contributed by atoms with van der Waals surface area (Å²) in [6.07, 6.45) is -1.63. The molecule has 0 unspecified atom stereocenters. The number of hydrogen-bond acceptors (Lipinski definition) is 7. The van der Waals surface area contributed by atoms with E-state index in [0.29, 0.717) is 0 Å². The van der Waals surface area contributed by atoms with Gasteiger partial charge in [-0.15, -0.1) is 0 Å². The van der Waals surface area contributed by atoms with Gasteiger partial charge in [0.15, 0.2) is 5.96 Å². The number of alkyl halides is 2. The first-order valence-corrected chi connectivity index (χ1v) is 9.60. The van der Waals surface area contributed by atoms with E-state index in [4.69, 9.17) is 10.5 Å². The summed E-state index contributed by atoms with van der Waals surface area (Å²) in [5.74, 6) is -2.63. The van der Waals surface area contributed by atoms with Crippen LogP contribution in [0.1, 0.15) is 35.1 Å². The number of carbonyl (C=O) groups excluding carboxylic acids is 2. The molecular formula is C20H19F3N6O3. The molecular weight excluding hydrogens is 429 g/mol. The number of amides is 2. The van der Waals surface area contributed by atoms with Gasteiger partial charge in [0.1, 0.15) is 22.7 Å². The van der Waals surface area contributed by atoms with Gasteiger partial charge in [-0.1, -0.05) is 0 Å². The fraction of sp³-hybridized carbons (Fsp3) is 0.350. The van der Waals surface area contributed by atoms with Crippen molar-refractivity contribution in [2.75, 3.05) is 19.0 Å². The molecule has 32 heavy (non-hydrogen) atoms. The Morgan fingerprint density at radius 3 is 2.75 bits per heavy atom. The highest BCUT2D eigenvalue weighted by Crippen LogP contribution is 2.47. The Hall–Kier alpha value is -3.54. The Bertz CT molecular complexity index is 1110. The third kappa shape index (κ3) is 3.45. The number of benzene rings is 1. The molecule has 0 radical (unpaired) electrons. The van der Waals surface area contributed by atoms with Gasteiger partial charge in [0.25, 0.3) is 12.3 Å². The number of aromatic nitrogens is 2. The van der Waals surface area contributed by atoms with Crippen LogP contribution >= 0.6 is 0 Å². The summed E-state index contributed by atoms with van der Waals surface area (Å²) in [4.78, 5) is 38.1. The van der Waals surface area contributed by atoms with E-state index in [2.05, 4.69) is 20.3 Å². The fourth-order valence-corrected chi connectivity index (χ4v) is 3.94. The molecule has 2 amide bonds. The molecule has 0 bridgehead atoms. The summed E-state index contributed by atoms with van der Waals surface area (Å²) in [6, 6.07) is 3.78. The molecule has 1 aromatic heterocycles. The van der Waals surface area contributed by atoms with Crippen LogP contribution in [0.15, 0.2) is 35.6 Å². The first-order valence-electron chi connectivity index (χ1n) is 9.60. The zero-order chi connectivity index (χ0) is 23.2. The average molecular weight is 448 g/mol. The second kappa shape index (κ2) is 7.86. The van der Waals surface area contributed by atoms with Crippen LogP contribution in [0, 0.1) is 11.7 Å². The average Bonchev–Trinajstić information content (AvgIpc) is 3.10. The van der Waals surface area contributed by atoms with Crippen molar-refractivity contribution in [3.05, 3.63) is 53.4 Å². The van der Waals surface area contributed by atoms with Crippen LogP contribution in [0.2, 0.25) is 0 Å². The zero-order valence-electron chi connectivity index (χ0n) is 17.1. The molecule has 1 aromatic carbocycles. The molecule has 9 nitrogen and oxygen atoms in total. The SMILES string of the molecule is C[C@H]1OC[C@]2(c3cc(NC(=O)c4cnc(C(F)F)cn4)ccc3F)N=C(N)N(C)C(=O)[C@H]12. The van der Waals surface area contributed by atoms with Gasteiger partial charge in [-0.25, -0.2) is 23.1 Å².